The third-order valence-corrected chi connectivity index (χ3v) is 9.30. The monoisotopic (exact) mass is 581 g/mol. The standard InChI is InChI=1S/C39H23N3OS/c1-3-10-24(11-4-1)26-18-20-34-31(22-26)32-23-27(19-21-35(32)44-34)38-40-37(25-12-5-2-6-13-25)41-39(42-38)30-16-9-15-29-28-14-7-8-17-33(28)43-36(29)30/h1-23H. The maximum Gasteiger partial charge on any atom is 0.167 e. The van der Waals surface area contributed by atoms with Crippen molar-refractivity contribution in [2.24, 2.45) is 0 Å². The van der Waals surface area contributed by atoms with Crippen LogP contribution in [-0.4, -0.2) is 15.0 Å². The highest BCUT2D eigenvalue weighted by Crippen LogP contribution is 2.39. The zero-order chi connectivity index (χ0) is 29.0. The maximum atomic E-state index is 6.37. The zero-order valence-corrected chi connectivity index (χ0v) is 24.3. The van der Waals surface area contributed by atoms with Gasteiger partial charge in [-0.15, -0.1) is 11.3 Å². The van der Waals surface area contributed by atoms with E-state index in [-0.39, 0.29) is 0 Å². The fourth-order valence-electron chi connectivity index (χ4n) is 5.99. The highest BCUT2D eigenvalue weighted by atomic mass is 32.1. The van der Waals surface area contributed by atoms with Crippen LogP contribution in [-0.2, 0) is 0 Å². The quantitative estimate of drug-likeness (QED) is 0.207. The molecule has 0 fully saturated rings. The first-order chi connectivity index (χ1) is 21.8. The summed E-state index contributed by atoms with van der Waals surface area (Å²) in [6.07, 6.45) is 0. The van der Waals surface area contributed by atoms with Gasteiger partial charge in [-0.1, -0.05) is 97.1 Å². The van der Waals surface area contributed by atoms with Crippen molar-refractivity contribution in [2.45, 2.75) is 0 Å². The second kappa shape index (κ2) is 9.97. The molecule has 9 rings (SSSR count). The molecule has 4 nitrogen and oxygen atoms in total. The number of hydrogen-bond acceptors (Lipinski definition) is 5. The lowest BCUT2D eigenvalue weighted by Gasteiger charge is -2.09. The van der Waals surface area contributed by atoms with Gasteiger partial charge in [-0.2, -0.15) is 0 Å². The van der Waals surface area contributed by atoms with E-state index < -0.39 is 0 Å². The minimum absolute atomic E-state index is 0.583. The first-order valence-electron chi connectivity index (χ1n) is 14.5. The van der Waals surface area contributed by atoms with Crippen molar-refractivity contribution < 1.29 is 4.42 Å². The lowest BCUT2D eigenvalue weighted by molar-refractivity contribution is 0.669. The van der Waals surface area contributed by atoms with Crippen LogP contribution in [0.1, 0.15) is 0 Å². The van der Waals surface area contributed by atoms with Gasteiger partial charge >= 0.3 is 0 Å². The summed E-state index contributed by atoms with van der Waals surface area (Å²) in [6, 6.07) is 48.1. The summed E-state index contributed by atoms with van der Waals surface area (Å²) in [5.74, 6) is 1.84. The molecule has 0 saturated heterocycles. The summed E-state index contributed by atoms with van der Waals surface area (Å²) in [5, 5.41) is 4.55. The average Bonchev–Trinajstić information content (AvgIpc) is 3.66. The van der Waals surface area contributed by atoms with Crippen LogP contribution >= 0.6 is 11.3 Å². The lowest BCUT2D eigenvalue weighted by atomic mass is 10.0. The molecule has 0 aliphatic rings. The Bertz CT molecular complexity index is 2500. The van der Waals surface area contributed by atoms with Crippen LogP contribution < -0.4 is 0 Å². The maximum absolute atomic E-state index is 6.37. The summed E-state index contributed by atoms with van der Waals surface area (Å²) < 4.78 is 8.87. The SMILES string of the molecule is c1ccc(-c2ccc3sc4ccc(-c5nc(-c6ccccc6)nc(-c6cccc7c6oc6ccccc67)n5)cc4c3c2)cc1. The van der Waals surface area contributed by atoms with Crippen molar-refractivity contribution in [2.75, 3.05) is 0 Å². The molecule has 0 aliphatic carbocycles. The Morgan fingerprint density at radius 3 is 1.77 bits per heavy atom. The Morgan fingerprint density at radius 1 is 0.409 bits per heavy atom. The van der Waals surface area contributed by atoms with E-state index >= 15 is 0 Å². The third-order valence-electron chi connectivity index (χ3n) is 8.15. The molecule has 0 N–H and O–H groups in total. The number of nitrogens with zero attached hydrogens (tertiary/aromatic N) is 3. The molecule has 0 radical (unpaired) electrons. The molecular weight excluding hydrogens is 559 g/mol. The Labute approximate surface area is 256 Å². The van der Waals surface area contributed by atoms with Gasteiger partial charge in [-0.3, -0.25) is 0 Å². The molecule has 3 aromatic heterocycles. The first kappa shape index (κ1) is 24.9. The highest BCUT2D eigenvalue weighted by molar-refractivity contribution is 7.25. The minimum atomic E-state index is 0.583. The van der Waals surface area contributed by atoms with E-state index in [0.29, 0.717) is 17.5 Å². The normalized spacial score (nSPS) is 11.6. The van der Waals surface area contributed by atoms with Gasteiger partial charge in [0.25, 0.3) is 0 Å². The Hall–Kier alpha value is -5.65. The zero-order valence-electron chi connectivity index (χ0n) is 23.4. The van der Waals surface area contributed by atoms with E-state index in [2.05, 4.69) is 78.9 Å². The van der Waals surface area contributed by atoms with Crippen molar-refractivity contribution in [1.82, 2.24) is 15.0 Å². The summed E-state index contributed by atoms with van der Waals surface area (Å²) >= 11 is 1.81. The summed E-state index contributed by atoms with van der Waals surface area (Å²) in [7, 11) is 0. The average molecular weight is 582 g/mol. The van der Waals surface area contributed by atoms with Crippen LogP contribution in [0, 0.1) is 0 Å². The molecule has 206 valence electrons. The molecule has 0 aliphatic heterocycles. The fourth-order valence-corrected chi connectivity index (χ4v) is 7.06. The number of aromatic nitrogens is 3. The van der Waals surface area contributed by atoms with Gasteiger partial charge in [0.05, 0.1) is 5.56 Å². The minimum Gasteiger partial charge on any atom is -0.455 e. The summed E-state index contributed by atoms with van der Waals surface area (Å²) in [5.41, 5.74) is 6.75. The van der Waals surface area contributed by atoms with E-state index in [0.717, 1.165) is 38.6 Å². The number of hydrogen-bond donors (Lipinski definition) is 0. The van der Waals surface area contributed by atoms with E-state index in [1.807, 2.05) is 72.0 Å². The molecule has 0 atom stereocenters. The van der Waals surface area contributed by atoms with Gasteiger partial charge in [0, 0.05) is 42.1 Å². The van der Waals surface area contributed by atoms with Gasteiger partial charge in [0.2, 0.25) is 0 Å². The number of furan rings is 1. The molecule has 0 spiro atoms. The molecule has 9 aromatic rings. The fraction of sp³-hybridized carbons (Fsp3) is 0. The van der Waals surface area contributed by atoms with Crippen LogP contribution in [0.2, 0.25) is 0 Å². The second-order valence-corrected chi connectivity index (χ2v) is 11.9. The van der Waals surface area contributed by atoms with Crippen molar-refractivity contribution in [3.8, 4) is 45.3 Å². The predicted octanol–water partition coefficient (Wildman–Crippen LogP) is 10.8. The molecule has 44 heavy (non-hydrogen) atoms. The van der Waals surface area contributed by atoms with Gasteiger partial charge < -0.3 is 4.42 Å². The van der Waals surface area contributed by atoms with Gasteiger partial charge in [0.1, 0.15) is 11.2 Å². The van der Waals surface area contributed by atoms with Crippen molar-refractivity contribution in [1.29, 1.82) is 0 Å². The van der Waals surface area contributed by atoms with Crippen molar-refractivity contribution in [3.63, 3.8) is 0 Å². The molecule has 5 heteroatoms. The van der Waals surface area contributed by atoms with Crippen LogP contribution in [0.3, 0.4) is 0 Å². The summed E-state index contributed by atoms with van der Waals surface area (Å²) in [4.78, 5) is 15.1. The van der Waals surface area contributed by atoms with Gasteiger partial charge in [-0.05, 0) is 53.6 Å². The topological polar surface area (TPSA) is 51.8 Å². The van der Waals surface area contributed by atoms with Crippen LogP contribution in [0.25, 0.3) is 87.4 Å². The second-order valence-electron chi connectivity index (χ2n) is 10.8. The molecule has 0 unspecified atom stereocenters. The van der Waals surface area contributed by atoms with Crippen LogP contribution in [0.4, 0.5) is 0 Å². The molecule has 6 aromatic carbocycles. The van der Waals surface area contributed by atoms with E-state index in [1.165, 1.54) is 31.3 Å². The lowest BCUT2D eigenvalue weighted by Crippen LogP contribution is -2.00. The number of para-hydroxylation sites is 2. The molecule has 0 amide bonds. The Morgan fingerprint density at radius 2 is 1.00 bits per heavy atom. The number of benzene rings is 6. The molecular formula is C39H23N3OS. The summed E-state index contributed by atoms with van der Waals surface area (Å²) in [6.45, 7) is 0. The van der Waals surface area contributed by atoms with Gasteiger partial charge in [0.15, 0.2) is 17.5 Å². The smallest absolute Gasteiger partial charge is 0.167 e. The number of fused-ring (bicyclic) bond motifs is 6. The molecule has 0 saturated carbocycles. The Balaban J connectivity index is 1.26. The van der Waals surface area contributed by atoms with E-state index in [1.54, 1.807) is 0 Å². The van der Waals surface area contributed by atoms with Crippen molar-refractivity contribution in [3.05, 3.63) is 140 Å². The molecule has 0 bridgehead atoms. The van der Waals surface area contributed by atoms with E-state index in [9.17, 15) is 0 Å². The highest BCUT2D eigenvalue weighted by Gasteiger charge is 2.18. The van der Waals surface area contributed by atoms with Crippen molar-refractivity contribution >= 4 is 53.4 Å². The third kappa shape index (κ3) is 4.09. The Kier molecular flexibility index (Phi) is 5.64. The first-order valence-corrected chi connectivity index (χ1v) is 15.3. The predicted molar refractivity (Wildman–Crippen MR) is 182 cm³/mol. The van der Waals surface area contributed by atoms with Crippen LogP contribution in [0.15, 0.2) is 144 Å². The van der Waals surface area contributed by atoms with Crippen LogP contribution in [0.5, 0.6) is 0 Å². The molecule has 3 heterocycles. The van der Waals surface area contributed by atoms with Gasteiger partial charge in [-0.25, -0.2) is 15.0 Å². The number of thiophene rings is 1. The number of rotatable bonds is 4. The largest absolute Gasteiger partial charge is 0.455 e. The van der Waals surface area contributed by atoms with E-state index in [4.69, 9.17) is 19.4 Å².